The molecule has 0 atom stereocenters. The van der Waals surface area contributed by atoms with Crippen molar-refractivity contribution < 1.29 is 18.0 Å². The Hall–Kier alpha value is -2.70. The first-order valence-corrected chi connectivity index (χ1v) is 6.43. The third-order valence-electron chi connectivity index (χ3n) is 3.23. The van der Waals surface area contributed by atoms with Crippen LogP contribution < -0.4 is 0 Å². The zero-order valence-corrected chi connectivity index (χ0v) is 11.2. The topological polar surface area (TPSA) is 47.3 Å². The molecule has 7 heteroatoms. The molecule has 0 fully saturated rings. The maximum atomic E-state index is 13.0. The van der Waals surface area contributed by atoms with E-state index < -0.39 is 11.7 Å². The summed E-state index contributed by atoms with van der Waals surface area (Å²) < 4.78 is 40.3. The first kappa shape index (κ1) is 14.2. The van der Waals surface area contributed by atoms with Gasteiger partial charge in [-0.25, -0.2) is 9.50 Å². The van der Waals surface area contributed by atoms with Crippen LogP contribution in [0.2, 0.25) is 0 Å². The van der Waals surface area contributed by atoms with Crippen LogP contribution in [0.4, 0.5) is 13.2 Å². The predicted molar refractivity (Wildman–Crippen MR) is 72.6 cm³/mol. The number of rotatable bonds is 3. The molecule has 0 aliphatic rings. The number of hydrogen-bond donors (Lipinski definition) is 0. The molecule has 0 saturated carbocycles. The van der Waals surface area contributed by atoms with Gasteiger partial charge < -0.3 is 0 Å². The van der Waals surface area contributed by atoms with E-state index in [0.29, 0.717) is 17.5 Å². The molecule has 0 N–H and O–H groups in total. The summed E-state index contributed by atoms with van der Waals surface area (Å²) in [6.45, 7) is 0. The molecule has 1 aromatic carbocycles. The van der Waals surface area contributed by atoms with E-state index in [1.54, 1.807) is 18.3 Å². The van der Waals surface area contributed by atoms with Crippen LogP contribution in [0.15, 0.2) is 42.6 Å². The molecule has 2 aromatic heterocycles. The third kappa shape index (κ3) is 2.57. The number of nitrogens with zero attached hydrogens (tertiary/aromatic N) is 3. The SMILES string of the molecule is O=Cc1cccn2nc(Cc3ccccc3C(F)(F)F)nc12. The molecular formula is C15H10F3N3O. The number of aromatic nitrogens is 3. The monoisotopic (exact) mass is 305 g/mol. The average Bonchev–Trinajstić information content (AvgIpc) is 2.88. The van der Waals surface area contributed by atoms with Gasteiger partial charge in [0.05, 0.1) is 11.1 Å². The van der Waals surface area contributed by atoms with Crippen LogP contribution in [0.25, 0.3) is 5.65 Å². The largest absolute Gasteiger partial charge is 0.416 e. The highest BCUT2D eigenvalue weighted by atomic mass is 19.4. The van der Waals surface area contributed by atoms with Gasteiger partial charge in [0.2, 0.25) is 0 Å². The number of aldehydes is 1. The summed E-state index contributed by atoms with van der Waals surface area (Å²) in [5.74, 6) is 0.228. The summed E-state index contributed by atoms with van der Waals surface area (Å²) in [6.07, 6.45) is -2.26. The lowest BCUT2D eigenvalue weighted by Gasteiger charge is -2.11. The number of pyridine rings is 1. The van der Waals surface area contributed by atoms with Crippen molar-refractivity contribution in [3.8, 4) is 0 Å². The Balaban J connectivity index is 2.03. The summed E-state index contributed by atoms with van der Waals surface area (Å²) in [5.41, 5.74) is 0.0605. The molecule has 0 amide bonds. The Labute approximate surface area is 123 Å². The first-order valence-electron chi connectivity index (χ1n) is 6.43. The van der Waals surface area contributed by atoms with E-state index in [1.807, 2.05) is 0 Å². The van der Waals surface area contributed by atoms with Gasteiger partial charge in [-0.2, -0.15) is 18.3 Å². The normalized spacial score (nSPS) is 11.8. The van der Waals surface area contributed by atoms with Gasteiger partial charge in [-0.15, -0.1) is 0 Å². The molecule has 0 bridgehead atoms. The Bertz CT molecular complexity index is 839. The van der Waals surface area contributed by atoms with Crippen LogP contribution in [-0.4, -0.2) is 20.9 Å². The van der Waals surface area contributed by atoms with Crippen molar-refractivity contribution in [3.05, 3.63) is 65.1 Å². The number of fused-ring (bicyclic) bond motifs is 1. The second kappa shape index (κ2) is 5.25. The minimum absolute atomic E-state index is 0.0599. The molecule has 22 heavy (non-hydrogen) atoms. The smallest absolute Gasteiger partial charge is 0.298 e. The molecular weight excluding hydrogens is 295 g/mol. The van der Waals surface area contributed by atoms with Gasteiger partial charge in [0.1, 0.15) is 0 Å². The second-order valence-electron chi connectivity index (χ2n) is 4.71. The van der Waals surface area contributed by atoms with E-state index in [1.165, 1.54) is 22.7 Å². The maximum Gasteiger partial charge on any atom is 0.416 e. The summed E-state index contributed by atoms with van der Waals surface area (Å²) in [6, 6.07) is 8.51. The summed E-state index contributed by atoms with van der Waals surface area (Å²) in [4.78, 5) is 15.1. The molecule has 0 unspecified atom stereocenters. The zero-order valence-electron chi connectivity index (χ0n) is 11.2. The van der Waals surface area contributed by atoms with Crippen LogP contribution in [0.3, 0.4) is 0 Å². The predicted octanol–water partition coefficient (Wildman–Crippen LogP) is 3.15. The molecule has 112 valence electrons. The fourth-order valence-electron chi connectivity index (χ4n) is 2.26. The summed E-state index contributed by atoms with van der Waals surface area (Å²) in [5, 5.41) is 4.12. The van der Waals surface area contributed by atoms with E-state index in [4.69, 9.17) is 0 Å². The highest BCUT2D eigenvalue weighted by molar-refractivity contribution is 5.83. The molecule has 4 nitrogen and oxygen atoms in total. The molecule has 0 aliphatic heterocycles. The number of carbonyl (C=O) groups is 1. The van der Waals surface area contributed by atoms with E-state index in [-0.39, 0.29) is 17.8 Å². The third-order valence-corrected chi connectivity index (χ3v) is 3.23. The van der Waals surface area contributed by atoms with Gasteiger partial charge in [0.25, 0.3) is 0 Å². The number of halogens is 3. The van der Waals surface area contributed by atoms with E-state index in [2.05, 4.69) is 10.1 Å². The van der Waals surface area contributed by atoms with Crippen LogP contribution in [0.1, 0.15) is 27.3 Å². The van der Waals surface area contributed by atoms with E-state index in [0.717, 1.165) is 6.07 Å². The van der Waals surface area contributed by atoms with Gasteiger partial charge in [0, 0.05) is 12.6 Å². The highest BCUT2D eigenvalue weighted by Gasteiger charge is 2.33. The van der Waals surface area contributed by atoms with Gasteiger partial charge in [-0.3, -0.25) is 4.79 Å². The molecule has 0 aliphatic carbocycles. The van der Waals surface area contributed by atoms with Crippen molar-refractivity contribution in [2.24, 2.45) is 0 Å². The Morgan fingerprint density at radius 1 is 1.14 bits per heavy atom. The van der Waals surface area contributed by atoms with Gasteiger partial charge in [-0.05, 0) is 23.8 Å². The highest BCUT2D eigenvalue weighted by Crippen LogP contribution is 2.32. The first-order chi connectivity index (χ1) is 10.5. The van der Waals surface area contributed by atoms with Crippen molar-refractivity contribution in [1.29, 1.82) is 0 Å². The van der Waals surface area contributed by atoms with E-state index >= 15 is 0 Å². The lowest BCUT2D eigenvalue weighted by Crippen LogP contribution is -2.09. The Morgan fingerprint density at radius 3 is 2.64 bits per heavy atom. The van der Waals surface area contributed by atoms with Crippen molar-refractivity contribution in [3.63, 3.8) is 0 Å². The minimum atomic E-state index is -4.43. The standard InChI is InChI=1S/C15H10F3N3O/c16-15(17,18)12-6-2-1-4-10(12)8-13-19-14-11(9-22)5-3-7-21(14)20-13/h1-7,9H,8H2. The van der Waals surface area contributed by atoms with Crippen LogP contribution in [0, 0.1) is 0 Å². The quantitative estimate of drug-likeness (QED) is 0.698. The van der Waals surface area contributed by atoms with Crippen LogP contribution >= 0.6 is 0 Å². The average molecular weight is 305 g/mol. The van der Waals surface area contributed by atoms with Crippen LogP contribution in [-0.2, 0) is 12.6 Å². The van der Waals surface area contributed by atoms with Crippen molar-refractivity contribution in [2.75, 3.05) is 0 Å². The molecule has 0 radical (unpaired) electrons. The summed E-state index contributed by atoms with van der Waals surface area (Å²) >= 11 is 0. The fraction of sp³-hybridized carbons (Fsp3) is 0.133. The Kier molecular flexibility index (Phi) is 3.40. The van der Waals surface area contributed by atoms with E-state index in [9.17, 15) is 18.0 Å². The van der Waals surface area contributed by atoms with Crippen LogP contribution in [0.5, 0.6) is 0 Å². The lowest BCUT2D eigenvalue weighted by atomic mass is 10.0. The fourth-order valence-corrected chi connectivity index (χ4v) is 2.26. The number of alkyl halides is 3. The van der Waals surface area contributed by atoms with Gasteiger partial charge >= 0.3 is 6.18 Å². The molecule has 2 heterocycles. The van der Waals surface area contributed by atoms with Crippen molar-refractivity contribution in [2.45, 2.75) is 12.6 Å². The second-order valence-corrected chi connectivity index (χ2v) is 4.71. The number of benzene rings is 1. The summed E-state index contributed by atoms with van der Waals surface area (Å²) in [7, 11) is 0. The molecule has 0 spiro atoms. The molecule has 0 saturated heterocycles. The lowest BCUT2D eigenvalue weighted by molar-refractivity contribution is -0.138. The van der Waals surface area contributed by atoms with Crippen molar-refractivity contribution in [1.82, 2.24) is 14.6 Å². The van der Waals surface area contributed by atoms with Crippen molar-refractivity contribution >= 4 is 11.9 Å². The Morgan fingerprint density at radius 2 is 1.91 bits per heavy atom. The van der Waals surface area contributed by atoms with Gasteiger partial charge in [-0.1, -0.05) is 18.2 Å². The number of hydrogen-bond acceptors (Lipinski definition) is 3. The molecule has 3 aromatic rings. The van der Waals surface area contributed by atoms with Gasteiger partial charge in [0.15, 0.2) is 17.8 Å². The zero-order chi connectivity index (χ0) is 15.7. The minimum Gasteiger partial charge on any atom is -0.298 e. The number of carbonyl (C=O) groups excluding carboxylic acids is 1. The maximum absolute atomic E-state index is 13.0. The molecule has 3 rings (SSSR count).